The van der Waals surface area contributed by atoms with Gasteiger partial charge in [-0.15, -0.1) is 0 Å². The van der Waals surface area contributed by atoms with Crippen molar-refractivity contribution in [1.82, 2.24) is 14.3 Å². The number of aromatic nitrogens is 2. The fourth-order valence-corrected chi connectivity index (χ4v) is 1.96. The lowest BCUT2D eigenvalue weighted by molar-refractivity contribution is -0.142. The fraction of sp³-hybridized carbons (Fsp3) is 0.231. The number of carboxylic acid groups (broad SMARTS) is 2. The van der Waals surface area contributed by atoms with Crippen LogP contribution in [0.25, 0.3) is 5.65 Å². The van der Waals surface area contributed by atoms with Gasteiger partial charge in [0.25, 0.3) is 5.56 Å². The summed E-state index contributed by atoms with van der Waals surface area (Å²) in [5.41, 5.74) is 0.445. The highest BCUT2D eigenvalue weighted by atomic mass is 16.4. The van der Waals surface area contributed by atoms with Crippen molar-refractivity contribution < 1.29 is 19.8 Å². The molecule has 0 saturated carbocycles. The van der Waals surface area contributed by atoms with Crippen LogP contribution in [-0.4, -0.2) is 49.5 Å². The van der Waals surface area contributed by atoms with Crippen LogP contribution >= 0.6 is 0 Å². The van der Waals surface area contributed by atoms with Gasteiger partial charge < -0.3 is 10.2 Å². The summed E-state index contributed by atoms with van der Waals surface area (Å²) in [6.45, 7) is -0.913. The molecular weight excluding hydrogens is 278 g/mol. The second-order valence-corrected chi connectivity index (χ2v) is 4.45. The Morgan fingerprint density at radius 3 is 2.48 bits per heavy atom. The molecule has 0 bridgehead atoms. The highest BCUT2D eigenvalue weighted by molar-refractivity contribution is 5.72. The van der Waals surface area contributed by atoms with E-state index in [4.69, 9.17) is 10.2 Å². The minimum atomic E-state index is -1.14. The van der Waals surface area contributed by atoms with Gasteiger partial charge in [0.2, 0.25) is 0 Å². The average molecular weight is 291 g/mol. The third-order valence-corrected chi connectivity index (χ3v) is 2.73. The van der Waals surface area contributed by atoms with Gasteiger partial charge in [-0.25, -0.2) is 4.98 Å². The maximum Gasteiger partial charge on any atom is 0.317 e. The number of carboxylic acids is 2. The SMILES string of the molecule is O=C(O)CN(CC(=O)O)Cc1cc(=O)n2ccccc2n1. The van der Waals surface area contributed by atoms with E-state index in [1.807, 2.05) is 0 Å². The topological polar surface area (TPSA) is 112 Å². The van der Waals surface area contributed by atoms with Crippen LogP contribution in [0.5, 0.6) is 0 Å². The predicted octanol–water partition coefficient (Wildman–Crippen LogP) is -0.334. The lowest BCUT2D eigenvalue weighted by atomic mass is 10.3. The molecule has 0 atom stereocenters. The van der Waals surface area contributed by atoms with E-state index in [1.54, 1.807) is 24.4 Å². The average Bonchev–Trinajstić information content (AvgIpc) is 2.37. The van der Waals surface area contributed by atoms with E-state index in [2.05, 4.69) is 4.98 Å². The van der Waals surface area contributed by atoms with E-state index >= 15 is 0 Å². The summed E-state index contributed by atoms with van der Waals surface area (Å²) in [5.74, 6) is -2.29. The molecule has 0 aliphatic carbocycles. The first kappa shape index (κ1) is 14.7. The van der Waals surface area contributed by atoms with Gasteiger partial charge in [0, 0.05) is 18.8 Å². The molecule has 0 fully saturated rings. The van der Waals surface area contributed by atoms with Crippen LogP contribution < -0.4 is 5.56 Å². The molecule has 21 heavy (non-hydrogen) atoms. The smallest absolute Gasteiger partial charge is 0.317 e. The third kappa shape index (κ3) is 3.86. The number of nitrogens with zero attached hydrogens (tertiary/aromatic N) is 3. The molecule has 0 saturated heterocycles. The number of pyridine rings is 1. The van der Waals surface area contributed by atoms with Crippen LogP contribution in [-0.2, 0) is 16.1 Å². The molecule has 2 aromatic rings. The second kappa shape index (κ2) is 6.14. The Bertz CT molecular complexity index is 724. The van der Waals surface area contributed by atoms with Crippen molar-refractivity contribution in [3.63, 3.8) is 0 Å². The van der Waals surface area contributed by atoms with Crippen molar-refractivity contribution in [3.05, 3.63) is 46.5 Å². The van der Waals surface area contributed by atoms with E-state index < -0.39 is 25.0 Å². The summed E-state index contributed by atoms with van der Waals surface area (Å²) in [6.07, 6.45) is 1.57. The van der Waals surface area contributed by atoms with Gasteiger partial charge in [-0.05, 0) is 12.1 Å². The predicted molar refractivity (Wildman–Crippen MR) is 72.0 cm³/mol. The normalized spacial score (nSPS) is 10.9. The molecule has 0 aliphatic heterocycles. The summed E-state index contributed by atoms with van der Waals surface area (Å²) in [6, 6.07) is 6.32. The van der Waals surface area contributed by atoms with E-state index in [0.29, 0.717) is 11.3 Å². The molecule has 8 heteroatoms. The number of rotatable bonds is 6. The standard InChI is InChI=1S/C13H13N3O5/c17-11-5-9(14-10-3-1-2-4-16(10)11)6-15(7-12(18)19)8-13(20)21/h1-5H,6-8H2,(H,18,19)(H,20,21). The van der Waals surface area contributed by atoms with Gasteiger partial charge in [-0.3, -0.25) is 23.7 Å². The Morgan fingerprint density at radius 2 is 1.86 bits per heavy atom. The van der Waals surface area contributed by atoms with Gasteiger partial charge >= 0.3 is 11.9 Å². The van der Waals surface area contributed by atoms with Crippen LogP contribution in [0.3, 0.4) is 0 Å². The maximum absolute atomic E-state index is 11.9. The molecular formula is C13H13N3O5. The zero-order valence-corrected chi connectivity index (χ0v) is 11.0. The van der Waals surface area contributed by atoms with Crippen LogP contribution in [0.4, 0.5) is 0 Å². The van der Waals surface area contributed by atoms with Gasteiger partial charge in [0.15, 0.2) is 0 Å². The number of hydrogen-bond donors (Lipinski definition) is 2. The Balaban J connectivity index is 2.29. The summed E-state index contributed by atoms with van der Waals surface area (Å²) in [5, 5.41) is 17.6. The Kier molecular flexibility index (Phi) is 4.29. The minimum absolute atomic E-state index is 0.0285. The molecule has 0 aromatic carbocycles. The lowest BCUT2D eigenvalue weighted by Gasteiger charge is -2.17. The van der Waals surface area contributed by atoms with Crippen molar-refractivity contribution in [3.8, 4) is 0 Å². The molecule has 0 spiro atoms. The van der Waals surface area contributed by atoms with Gasteiger partial charge in [-0.1, -0.05) is 6.07 Å². The zero-order chi connectivity index (χ0) is 15.4. The number of fused-ring (bicyclic) bond motifs is 1. The van der Waals surface area contributed by atoms with E-state index in [-0.39, 0.29) is 12.1 Å². The molecule has 2 heterocycles. The van der Waals surface area contributed by atoms with Crippen LogP contribution in [0.15, 0.2) is 35.3 Å². The van der Waals surface area contributed by atoms with E-state index in [1.165, 1.54) is 15.4 Å². The monoisotopic (exact) mass is 291 g/mol. The lowest BCUT2D eigenvalue weighted by Crippen LogP contribution is -2.34. The first-order valence-corrected chi connectivity index (χ1v) is 6.09. The van der Waals surface area contributed by atoms with Gasteiger partial charge in [0.05, 0.1) is 18.8 Å². The summed E-state index contributed by atoms with van der Waals surface area (Å²) in [7, 11) is 0. The first-order chi connectivity index (χ1) is 9.95. The Morgan fingerprint density at radius 1 is 1.19 bits per heavy atom. The molecule has 0 amide bonds. The quantitative estimate of drug-likeness (QED) is 0.749. The second-order valence-electron chi connectivity index (χ2n) is 4.45. The number of hydrogen-bond acceptors (Lipinski definition) is 5. The van der Waals surface area contributed by atoms with E-state index in [0.717, 1.165) is 0 Å². The van der Waals surface area contributed by atoms with Crippen LogP contribution in [0, 0.1) is 0 Å². The van der Waals surface area contributed by atoms with Gasteiger partial charge in [-0.2, -0.15) is 0 Å². The van der Waals surface area contributed by atoms with E-state index in [9.17, 15) is 14.4 Å². The van der Waals surface area contributed by atoms with Crippen molar-refractivity contribution in [2.24, 2.45) is 0 Å². The first-order valence-electron chi connectivity index (χ1n) is 6.09. The van der Waals surface area contributed by atoms with Crippen LogP contribution in [0.2, 0.25) is 0 Å². The maximum atomic E-state index is 11.9. The fourth-order valence-electron chi connectivity index (χ4n) is 1.96. The summed E-state index contributed by atoms with van der Waals surface area (Å²) >= 11 is 0. The number of aliphatic carboxylic acids is 2. The van der Waals surface area contributed by atoms with Crippen molar-refractivity contribution in [1.29, 1.82) is 0 Å². The largest absolute Gasteiger partial charge is 0.480 e. The molecule has 0 unspecified atom stereocenters. The zero-order valence-electron chi connectivity index (χ0n) is 11.0. The molecule has 0 aliphatic rings. The Hall–Kier alpha value is -2.74. The summed E-state index contributed by atoms with van der Waals surface area (Å²) in [4.78, 5) is 38.8. The molecule has 2 rings (SSSR count). The molecule has 8 nitrogen and oxygen atoms in total. The van der Waals surface area contributed by atoms with Crippen molar-refractivity contribution >= 4 is 17.6 Å². The minimum Gasteiger partial charge on any atom is -0.480 e. The molecule has 0 radical (unpaired) electrons. The molecule has 110 valence electrons. The third-order valence-electron chi connectivity index (χ3n) is 2.73. The Labute approximate surface area is 118 Å². The summed E-state index contributed by atoms with van der Waals surface area (Å²) < 4.78 is 1.35. The highest BCUT2D eigenvalue weighted by Gasteiger charge is 2.15. The van der Waals surface area contributed by atoms with Gasteiger partial charge in [0.1, 0.15) is 5.65 Å². The highest BCUT2D eigenvalue weighted by Crippen LogP contribution is 2.03. The molecule has 2 aromatic heterocycles. The number of carbonyl (C=O) groups is 2. The van der Waals surface area contributed by atoms with Crippen LogP contribution in [0.1, 0.15) is 5.69 Å². The van der Waals surface area contributed by atoms with Crippen molar-refractivity contribution in [2.45, 2.75) is 6.54 Å². The van der Waals surface area contributed by atoms with Crippen molar-refractivity contribution in [2.75, 3.05) is 13.1 Å². The molecule has 2 N–H and O–H groups in total.